The van der Waals surface area contributed by atoms with Crippen molar-refractivity contribution in [2.75, 3.05) is 13.1 Å². The van der Waals surface area contributed by atoms with Crippen LogP contribution in [0.4, 0.5) is 0 Å². The Bertz CT molecular complexity index is 305. The Morgan fingerprint density at radius 3 is 2.58 bits per heavy atom. The SMILES string of the molecule is CCN(CC1CC1)C(=O)C1CC2CCCCC2N1.Cl. The van der Waals surface area contributed by atoms with Gasteiger partial charge in [-0.3, -0.25) is 4.79 Å². The minimum absolute atomic E-state index is 0. The molecule has 1 aliphatic heterocycles. The first-order valence-corrected chi connectivity index (χ1v) is 7.82. The monoisotopic (exact) mass is 286 g/mol. The lowest BCUT2D eigenvalue weighted by Crippen LogP contribution is -2.46. The average Bonchev–Trinajstić information content (AvgIpc) is 3.10. The smallest absolute Gasteiger partial charge is 0.239 e. The number of fused-ring (bicyclic) bond motifs is 1. The molecule has 2 saturated carbocycles. The molecule has 3 rings (SSSR count). The third-order valence-corrected chi connectivity index (χ3v) is 5.03. The summed E-state index contributed by atoms with van der Waals surface area (Å²) in [6, 6.07) is 0.754. The summed E-state index contributed by atoms with van der Waals surface area (Å²) in [6.45, 7) is 3.99. The standard InChI is InChI=1S/C15H26N2O.ClH/c1-2-17(10-11-7-8-11)15(18)14-9-12-5-3-4-6-13(12)16-14;/h11-14,16H,2-10H2,1H3;1H. The maximum atomic E-state index is 12.5. The van der Waals surface area contributed by atoms with Crippen LogP contribution < -0.4 is 5.32 Å². The van der Waals surface area contributed by atoms with Crippen LogP contribution in [0.15, 0.2) is 0 Å². The molecule has 4 heteroatoms. The lowest BCUT2D eigenvalue weighted by molar-refractivity contribution is -0.133. The molecule has 0 aromatic rings. The zero-order chi connectivity index (χ0) is 12.5. The van der Waals surface area contributed by atoms with Gasteiger partial charge in [0.25, 0.3) is 0 Å². The summed E-state index contributed by atoms with van der Waals surface area (Å²) in [7, 11) is 0. The Morgan fingerprint density at radius 2 is 1.95 bits per heavy atom. The van der Waals surface area contributed by atoms with Crippen LogP contribution in [0.1, 0.15) is 51.9 Å². The summed E-state index contributed by atoms with van der Waals surface area (Å²) in [4.78, 5) is 14.6. The van der Waals surface area contributed by atoms with Crippen molar-refractivity contribution in [3.63, 3.8) is 0 Å². The van der Waals surface area contributed by atoms with Crippen LogP contribution in [-0.4, -0.2) is 36.0 Å². The molecule has 1 amide bonds. The van der Waals surface area contributed by atoms with E-state index < -0.39 is 0 Å². The zero-order valence-corrected chi connectivity index (χ0v) is 12.8. The van der Waals surface area contributed by atoms with Gasteiger partial charge in [0.2, 0.25) is 5.91 Å². The van der Waals surface area contributed by atoms with E-state index in [0.717, 1.165) is 31.3 Å². The van der Waals surface area contributed by atoms with E-state index in [1.165, 1.54) is 38.5 Å². The number of halogens is 1. The quantitative estimate of drug-likeness (QED) is 0.861. The summed E-state index contributed by atoms with van der Waals surface area (Å²) in [5.41, 5.74) is 0. The average molecular weight is 287 g/mol. The number of likely N-dealkylation sites (N-methyl/N-ethyl adjacent to an activating group) is 1. The van der Waals surface area contributed by atoms with Crippen LogP contribution in [0, 0.1) is 11.8 Å². The zero-order valence-electron chi connectivity index (χ0n) is 11.9. The largest absolute Gasteiger partial charge is 0.341 e. The number of amides is 1. The highest BCUT2D eigenvalue weighted by atomic mass is 35.5. The molecule has 0 aromatic heterocycles. The molecule has 1 N–H and O–H groups in total. The molecular weight excluding hydrogens is 260 g/mol. The minimum Gasteiger partial charge on any atom is -0.341 e. The fraction of sp³-hybridized carbons (Fsp3) is 0.933. The lowest BCUT2D eigenvalue weighted by atomic mass is 9.85. The van der Waals surface area contributed by atoms with Gasteiger partial charge in [0.15, 0.2) is 0 Å². The van der Waals surface area contributed by atoms with Crippen molar-refractivity contribution in [2.45, 2.75) is 64.0 Å². The van der Waals surface area contributed by atoms with E-state index in [0.29, 0.717) is 11.9 Å². The summed E-state index contributed by atoms with van der Waals surface area (Å²) < 4.78 is 0. The first-order valence-electron chi connectivity index (χ1n) is 7.82. The van der Waals surface area contributed by atoms with E-state index in [9.17, 15) is 4.79 Å². The molecule has 0 aromatic carbocycles. The molecule has 3 nitrogen and oxygen atoms in total. The molecule has 2 aliphatic carbocycles. The van der Waals surface area contributed by atoms with Crippen molar-refractivity contribution in [3.8, 4) is 0 Å². The van der Waals surface area contributed by atoms with Crippen molar-refractivity contribution < 1.29 is 4.79 Å². The van der Waals surface area contributed by atoms with E-state index >= 15 is 0 Å². The van der Waals surface area contributed by atoms with Crippen LogP contribution in [0.2, 0.25) is 0 Å². The molecule has 110 valence electrons. The van der Waals surface area contributed by atoms with Crippen molar-refractivity contribution >= 4 is 18.3 Å². The van der Waals surface area contributed by atoms with Crippen LogP contribution in [0.5, 0.6) is 0 Å². The maximum Gasteiger partial charge on any atom is 0.239 e. The van der Waals surface area contributed by atoms with E-state index in [2.05, 4.69) is 17.1 Å². The fourth-order valence-electron chi connectivity index (χ4n) is 3.72. The second kappa shape index (κ2) is 6.45. The Labute approximate surface area is 122 Å². The van der Waals surface area contributed by atoms with Gasteiger partial charge < -0.3 is 10.2 Å². The topological polar surface area (TPSA) is 32.3 Å². The molecule has 19 heavy (non-hydrogen) atoms. The highest BCUT2D eigenvalue weighted by Gasteiger charge is 2.40. The molecule has 0 spiro atoms. The van der Waals surface area contributed by atoms with Crippen molar-refractivity contribution in [1.29, 1.82) is 0 Å². The van der Waals surface area contributed by atoms with Gasteiger partial charge in [-0.25, -0.2) is 0 Å². The van der Waals surface area contributed by atoms with E-state index in [4.69, 9.17) is 0 Å². The van der Waals surface area contributed by atoms with E-state index in [1.807, 2.05) is 0 Å². The molecule has 1 saturated heterocycles. The van der Waals surface area contributed by atoms with Crippen LogP contribution in [-0.2, 0) is 4.79 Å². The first kappa shape index (κ1) is 15.1. The van der Waals surface area contributed by atoms with Crippen molar-refractivity contribution in [1.82, 2.24) is 10.2 Å². The second-order valence-corrected chi connectivity index (χ2v) is 6.43. The van der Waals surface area contributed by atoms with Crippen molar-refractivity contribution in [2.24, 2.45) is 11.8 Å². The number of hydrogen-bond donors (Lipinski definition) is 1. The molecule has 0 radical (unpaired) electrons. The lowest BCUT2D eigenvalue weighted by Gasteiger charge is -2.25. The van der Waals surface area contributed by atoms with Crippen LogP contribution in [0.25, 0.3) is 0 Å². The Balaban J connectivity index is 0.00000133. The van der Waals surface area contributed by atoms with E-state index in [-0.39, 0.29) is 18.4 Å². The van der Waals surface area contributed by atoms with Gasteiger partial charge in [0.1, 0.15) is 0 Å². The van der Waals surface area contributed by atoms with Gasteiger partial charge in [-0.05, 0) is 50.9 Å². The Hall–Kier alpha value is -0.280. The van der Waals surface area contributed by atoms with Crippen LogP contribution >= 0.6 is 12.4 Å². The number of carbonyl (C=O) groups is 1. The summed E-state index contributed by atoms with van der Waals surface area (Å²) in [6.07, 6.45) is 9.06. The van der Waals surface area contributed by atoms with Gasteiger partial charge in [0, 0.05) is 19.1 Å². The van der Waals surface area contributed by atoms with Crippen molar-refractivity contribution in [3.05, 3.63) is 0 Å². The summed E-state index contributed by atoms with van der Waals surface area (Å²) in [5, 5.41) is 3.61. The third-order valence-electron chi connectivity index (χ3n) is 5.03. The maximum absolute atomic E-state index is 12.5. The number of rotatable bonds is 4. The number of nitrogens with one attached hydrogen (secondary N) is 1. The van der Waals surface area contributed by atoms with Gasteiger partial charge >= 0.3 is 0 Å². The van der Waals surface area contributed by atoms with Gasteiger partial charge in [0.05, 0.1) is 6.04 Å². The molecule has 3 fully saturated rings. The van der Waals surface area contributed by atoms with Gasteiger partial charge in [-0.2, -0.15) is 0 Å². The molecule has 3 unspecified atom stereocenters. The van der Waals surface area contributed by atoms with Gasteiger partial charge in [-0.1, -0.05) is 12.8 Å². The molecule has 0 bridgehead atoms. The predicted octanol–water partition coefficient (Wildman–Crippen LogP) is 2.59. The normalized spacial score (nSPS) is 33.4. The highest BCUT2D eigenvalue weighted by molar-refractivity contribution is 5.85. The number of carbonyl (C=O) groups excluding carboxylic acids is 1. The summed E-state index contributed by atoms with van der Waals surface area (Å²) >= 11 is 0. The second-order valence-electron chi connectivity index (χ2n) is 6.43. The fourth-order valence-corrected chi connectivity index (χ4v) is 3.72. The molecule has 3 atom stereocenters. The Kier molecular flexibility index (Phi) is 5.13. The van der Waals surface area contributed by atoms with Crippen LogP contribution in [0.3, 0.4) is 0 Å². The minimum atomic E-state index is 0. The number of nitrogens with zero attached hydrogens (tertiary/aromatic N) is 1. The van der Waals surface area contributed by atoms with Gasteiger partial charge in [-0.15, -0.1) is 12.4 Å². The summed E-state index contributed by atoms with van der Waals surface area (Å²) in [5.74, 6) is 1.95. The predicted molar refractivity (Wildman–Crippen MR) is 79.5 cm³/mol. The molecule has 1 heterocycles. The van der Waals surface area contributed by atoms with E-state index in [1.54, 1.807) is 0 Å². The Morgan fingerprint density at radius 1 is 1.21 bits per heavy atom. The molecular formula is C15H27ClN2O. The molecule has 3 aliphatic rings. The third kappa shape index (κ3) is 3.43. The highest BCUT2D eigenvalue weighted by Crippen LogP contribution is 2.34. The first-order chi connectivity index (χ1) is 8.78. The number of hydrogen-bond acceptors (Lipinski definition) is 2.